The summed E-state index contributed by atoms with van der Waals surface area (Å²) in [6, 6.07) is 5.25. The van der Waals surface area contributed by atoms with E-state index in [-0.39, 0.29) is 6.03 Å². The van der Waals surface area contributed by atoms with Crippen LogP contribution in [0.1, 0.15) is 36.4 Å². The molecule has 1 aromatic rings. The predicted molar refractivity (Wildman–Crippen MR) is 97.5 cm³/mol. The Balaban J connectivity index is 1.47. The van der Waals surface area contributed by atoms with E-state index in [1.54, 1.807) is 4.90 Å². The number of fused-ring (bicyclic) bond motifs is 5. The van der Waals surface area contributed by atoms with Gasteiger partial charge in [-0.3, -0.25) is 4.90 Å². The Morgan fingerprint density at radius 3 is 2.81 bits per heavy atom. The summed E-state index contributed by atoms with van der Waals surface area (Å²) in [6.07, 6.45) is 4.45. The van der Waals surface area contributed by atoms with Gasteiger partial charge < -0.3 is 19.3 Å². The molecule has 0 saturated carbocycles. The van der Waals surface area contributed by atoms with E-state index in [4.69, 9.17) is 9.47 Å². The molecule has 0 N–H and O–H groups in total. The Morgan fingerprint density at radius 1 is 1.19 bits per heavy atom. The normalized spacial score (nSPS) is 29.6. The van der Waals surface area contributed by atoms with Crippen molar-refractivity contribution in [2.24, 2.45) is 5.92 Å². The molecule has 0 spiro atoms. The number of ether oxygens (including phenoxy) is 2. The number of likely N-dealkylation sites (tertiary alicyclic amines) is 1. The molecule has 4 aliphatic rings. The van der Waals surface area contributed by atoms with Crippen LogP contribution in [0.5, 0.6) is 11.5 Å². The first-order chi connectivity index (χ1) is 12.6. The molecular weight excluding hydrogens is 330 g/mol. The van der Waals surface area contributed by atoms with Crippen LogP contribution in [0.3, 0.4) is 0 Å². The largest absolute Gasteiger partial charge is 0.454 e. The zero-order valence-corrected chi connectivity index (χ0v) is 15.6. The van der Waals surface area contributed by atoms with E-state index in [9.17, 15) is 4.79 Å². The lowest BCUT2D eigenvalue weighted by molar-refractivity contribution is 0.00106. The summed E-state index contributed by atoms with van der Waals surface area (Å²) < 4.78 is 11.2. The minimum absolute atomic E-state index is 0.162. The van der Waals surface area contributed by atoms with E-state index in [1.807, 2.05) is 14.1 Å². The number of hydrogen-bond donors (Lipinski definition) is 0. The molecular formula is C20H27N3O3. The Labute approximate surface area is 154 Å². The predicted octanol–water partition coefficient (Wildman–Crippen LogP) is 2.48. The lowest BCUT2D eigenvalue weighted by Crippen LogP contribution is -2.59. The van der Waals surface area contributed by atoms with Crippen LogP contribution in [0.15, 0.2) is 12.1 Å². The van der Waals surface area contributed by atoms with Gasteiger partial charge in [0, 0.05) is 45.8 Å². The van der Waals surface area contributed by atoms with Crippen molar-refractivity contribution in [1.29, 1.82) is 0 Å². The van der Waals surface area contributed by atoms with Crippen LogP contribution >= 0.6 is 0 Å². The average Bonchev–Trinajstić information content (AvgIpc) is 3.11. The lowest BCUT2D eigenvalue weighted by atomic mass is 9.76. The van der Waals surface area contributed by atoms with Gasteiger partial charge in [0.15, 0.2) is 11.5 Å². The highest BCUT2D eigenvalue weighted by molar-refractivity contribution is 5.74. The van der Waals surface area contributed by atoms with Gasteiger partial charge in [-0.1, -0.05) is 0 Å². The number of carbonyl (C=O) groups is 1. The van der Waals surface area contributed by atoms with Crippen LogP contribution in [-0.4, -0.2) is 67.3 Å². The number of piperidine rings is 2. The molecule has 4 aliphatic heterocycles. The summed E-state index contributed by atoms with van der Waals surface area (Å²) in [5, 5.41) is 0. The first-order valence-corrected chi connectivity index (χ1v) is 9.76. The minimum atomic E-state index is 0.162. The molecule has 6 heteroatoms. The maximum absolute atomic E-state index is 12.7. The van der Waals surface area contributed by atoms with E-state index in [0.29, 0.717) is 24.8 Å². The molecule has 0 bridgehead atoms. The molecule has 2 saturated heterocycles. The second-order valence-electron chi connectivity index (χ2n) is 8.24. The van der Waals surface area contributed by atoms with Crippen molar-refractivity contribution >= 4 is 6.03 Å². The molecule has 3 atom stereocenters. The number of hydrogen-bond acceptors (Lipinski definition) is 4. The monoisotopic (exact) mass is 357 g/mol. The van der Waals surface area contributed by atoms with Crippen molar-refractivity contribution in [1.82, 2.24) is 14.7 Å². The van der Waals surface area contributed by atoms with Crippen molar-refractivity contribution in [2.45, 2.75) is 37.8 Å². The third-order valence-corrected chi connectivity index (χ3v) is 6.58. The van der Waals surface area contributed by atoms with E-state index >= 15 is 0 Å². The molecule has 0 aliphatic carbocycles. The number of benzene rings is 1. The number of urea groups is 1. The second-order valence-corrected chi connectivity index (χ2v) is 8.24. The quantitative estimate of drug-likeness (QED) is 0.716. The van der Waals surface area contributed by atoms with Crippen LogP contribution in [0.2, 0.25) is 0 Å². The van der Waals surface area contributed by atoms with Crippen LogP contribution < -0.4 is 9.47 Å². The summed E-state index contributed by atoms with van der Waals surface area (Å²) in [5.41, 5.74) is 2.76. The van der Waals surface area contributed by atoms with Gasteiger partial charge in [-0.15, -0.1) is 0 Å². The van der Waals surface area contributed by atoms with Crippen molar-refractivity contribution in [3.63, 3.8) is 0 Å². The molecule has 6 nitrogen and oxygen atoms in total. The van der Waals surface area contributed by atoms with E-state index in [1.165, 1.54) is 17.5 Å². The van der Waals surface area contributed by atoms with Gasteiger partial charge in [0.2, 0.25) is 6.79 Å². The van der Waals surface area contributed by atoms with Crippen molar-refractivity contribution in [3.05, 3.63) is 23.3 Å². The lowest BCUT2D eigenvalue weighted by Gasteiger charge is -2.52. The fourth-order valence-corrected chi connectivity index (χ4v) is 5.33. The Hall–Kier alpha value is -1.95. The number of carbonyl (C=O) groups excluding carboxylic acids is 1. The van der Waals surface area contributed by atoms with Crippen LogP contribution in [0.25, 0.3) is 0 Å². The molecule has 0 radical (unpaired) electrons. The summed E-state index contributed by atoms with van der Waals surface area (Å²) in [4.78, 5) is 19.2. The van der Waals surface area contributed by atoms with Gasteiger partial charge in [-0.2, -0.15) is 0 Å². The summed E-state index contributed by atoms with van der Waals surface area (Å²) >= 11 is 0. The SMILES string of the molecule is CN(C)C(=O)N1CCC[C@@H]2CN3CCc4cc5c(cc4[C@@H]3C[C@@H]21)OCO5. The van der Waals surface area contributed by atoms with Gasteiger partial charge in [0.25, 0.3) is 0 Å². The number of rotatable bonds is 0. The minimum Gasteiger partial charge on any atom is -0.454 e. The Kier molecular flexibility index (Phi) is 3.78. The topological polar surface area (TPSA) is 45.3 Å². The molecule has 0 unspecified atom stereocenters. The van der Waals surface area contributed by atoms with Gasteiger partial charge in [-0.25, -0.2) is 4.79 Å². The third kappa shape index (κ3) is 2.46. The van der Waals surface area contributed by atoms with E-state index in [0.717, 1.165) is 50.4 Å². The fraction of sp³-hybridized carbons (Fsp3) is 0.650. The highest BCUT2D eigenvalue weighted by atomic mass is 16.7. The van der Waals surface area contributed by atoms with Gasteiger partial charge >= 0.3 is 6.03 Å². The van der Waals surface area contributed by atoms with Gasteiger partial charge in [0.05, 0.1) is 0 Å². The molecule has 1 aromatic carbocycles. The standard InChI is InChI=1S/C20H27N3O3/c1-21(2)20(24)23-6-3-4-14-11-22-7-5-13-8-18-19(26-12-25-18)9-15(13)17(22)10-16(14)23/h8-9,14,16-17H,3-7,10-12H2,1-2H3/t14-,16+,17+/m1/s1. The second kappa shape index (κ2) is 6.05. The van der Waals surface area contributed by atoms with Gasteiger partial charge in [0.1, 0.15) is 0 Å². The number of amides is 2. The van der Waals surface area contributed by atoms with E-state index < -0.39 is 0 Å². The highest BCUT2D eigenvalue weighted by Crippen LogP contribution is 2.46. The molecule has 4 heterocycles. The van der Waals surface area contributed by atoms with Gasteiger partial charge in [-0.05, 0) is 54.9 Å². The zero-order chi connectivity index (χ0) is 17.8. The van der Waals surface area contributed by atoms with Crippen LogP contribution in [0, 0.1) is 5.92 Å². The van der Waals surface area contributed by atoms with E-state index in [2.05, 4.69) is 21.9 Å². The molecule has 0 aromatic heterocycles. The molecule has 5 rings (SSSR count). The maximum Gasteiger partial charge on any atom is 0.319 e. The smallest absolute Gasteiger partial charge is 0.319 e. The summed E-state index contributed by atoms with van der Waals surface area (Å²) in [5.74, 6) is 2.35. The molecule has 2 fully saturated rings. The first kappa shape index (κ1) is 16.2. The Morgan fingerprint density at radius 2 is 2.00 bits per heavy atom. The zero-order valence-electron chi connectivity index (χ0n) is 15.6. The average molecular weight is 357 g/mol. The summed E-state index contributed by atoms with van der Waals surface area (Å²) in [6.45, 7) is 3.41. The first-order valence-electron chi connectivity index (χ1n) is 9.76. The number of nitrogens with zero attached hydrogens (tertiary/aromatic N) is 3. The van der Waals surface area contributed by atoms with Crippen molar-refractivity contribution < 1.29 is 14.3 Å². The van der Waals surface area contributed by atoms with Crippen LogP contribution in [-0.2, 0) is 6.42 Å². The van der Waals surface area contributed by atoms with Crippen molar-refractivity contribution in [2.75, 3.05) is 40.5 Å². The molecule has 26 heavy (non-hydrogen) atoms. The highest BCUT2D eigenvalue weighted by Gasteiger charge is 2.44. The summed E-state index contributed by atoms with van der Waals surface area (Å²) in [7, 11) is 3.72. The fourth-order valence-electron chi connectivity index (χ4n) is 5.33. The van der Waals surface area contributed by atoms with Crippen LogP contribution in [0.4, 0.5) is 4.79 Å². The third-order valence-electron chi connectivity index (χ3n) is 6.58. The molecule has 2 amide bonds. The Bertz CT molecular complexity index is 735. The molecule has 140 valence electrons. The van der Waals surface area contributed by atoms with Crippen molar-refractivity contribution in [3.8, 4) is 11.5 Å². The maximum atomic E-state index is 12.7.